The maximum Gasteiger partial charge on any atom is 0.326 e. The summed E-state index contributed by atoms with van der Waals surface area (Å²) in [4.78, 5) is 0. The van der Waals surface area contributed by atoms with Gasteiger partial charge in [0.15, 0.2) is 0 Å². The highest BCUT2D eigenvalue weighted by Gasteiger charge is 2.38. The molecule has 0 bridgehead atoms. The van der Waals surface area contributed by atoms with Crippen LogP contribution in [0.1, 0.15) is 60.8 Å². The van der Waals surface area contributed by atoms with Crippen molar-refractivity contribution < 1.29 is 9.04 Å². The van der Waals surface area contributed by atoms with E-state index in [0.29, 0.717) is 5.41 Å². The van der Waals surface area contributed by atoms with Crippen molar-refractivity contribution in [2.45, 2.75) is 72.1 Å². The zero-order chi connectivity index (χ0) is 13.3. The van der Waals surface area contributed by atoms with Gasteiger partial charge in [-0.1, -0.05) is 25.4 Å². The average Bonchev–Trinajstić information content (AvgIpc) is 2.14. The van der Waals surface area contributed by atoms with Gasteiger partial charge in [0.1, 0.15) is 5.67 Å². The minimum absolute atomic E-state index is 0.395. The number of hydrogen-bond donors (Lipinski definition) is 0. The van der Waals surface area contributed by atoms with E-state index in [9.17, 15) is 4.39 Å². The first-order valence-corrected chi connectivity index (χ1v) is 6.43. The summed E-state index contributed by atoms with van der Waals surface area (Å²) in [6, 6.07) is 0. The van der Waals surface area contributed by atoms with E-state index in [1.54, 1.807) is 35.2 Å². The smallest absolute Gasteiger partial charge is 0.326 e. The minimum atomic E-state index is -1.35. The zero-order valence-electron chi connectivity index (χ0n) is 12.1. The monoisotopic (exact) mass is 239 g/mol. The molecule has 0 atom stereocenters. The second-order valence-corrected chi connectivity index (χ2v) is 6.87. The Labute approximate surface area is 106 Å². The van der Waals surface area contributed by atoms with Crippen molar-refractivity contribution in [3.63, 3.8) is 0 Å². The summed E-state index contributed by atoms with van der Waals surface area (Å²) in [5.41, 5.74) is -0.549. The number of halogens is 1. The van der Waals surface area contributed by atoms with Crippen molar-refractivity contribution in [3.8, 4) is 0 Å². The van der Waals surface area contributed by atoms with Crippen molar-refractivity contribution in [2.75, 3.05) is 0 Å². The summed E-state index contributed by atoms with van der Waals surface area (Å²) >= 11 is 0. The Morgan fingerprint density at radius 1 is 1.29 bits per heavy atom. The maximum atomic E-state index is 13.9. The lowest BCUT2D eigenvalue weighted by Gasteiger charge is -2.36. The van der Waals surface area contributed by atoms with Crippen LogP contribution in [0.4, 0.5) is 4.39 Å². The predicted molar refractivity (Wildman–Crippen MR) is 71.8 cm³/mol. The highest BCUT2D eigenvalue weighted by molar-refractivity contribution is 6.38. The fourth-order valence-corrected chi connectivity index (χ4v) is 1.56. The third kappa shape index (κ3) is 4.13. The molecule has 1 aliphatic carbocycles. The van der Waals surface area contributed by atoms with E-state index in [1.165, 1.54) is 5.47 Å². The summed E-state index contributed by atoms with van der Waals surface area (Å²) in [6.45, 7) is 11.2. The Balaban J connectivity index is 2.51. The van der Waals surface area contributed by atoms with E-state index < -0.39 is 11.3 Å². The summed E-state index contributed by atoms with van der Waals surface area (Å²) in [5, 5.41) is 0. The van der Waals surface area contributed by atoms with Crippen LogP contribution in [-0.4, -0.2) is 18.8 Å². The van der Waals surface area contributed by atoms with Crippen LogP contribution in [0, 0.1) is 5.41 Å². The summed E-state index contributed by atoms with van der Waals surface area (Å²) in [5.74, 6) is 0. The molecule has 0 N–H and O–H groups in total. The average molecular weight is 239 g/mol. The molecule has 0 saturated heterocycles. The molecular weight excluding hydrogens is 214 g/mol. The van der Waals surface area contributed by atoms with Crippen LogP contribution in [0.5, 0.6) is 0 Å². The Morgan fingerprint density at radius 2 is 1.88 bits per heavy atom. The topological polar surface area (TPSA) is 9.23 Å². The van der Waals surface area contributed by atoms with Gasteiger partial charge in [-0.15, -0.1) is 0 Å². The molecule has 97 valence electrons. The van der Waals surface area contributed by atoms with E-state index in [1.807, 2.05) is 0 Å². The molecule has 0 heterocycles. The molecule has 0 aliphatic heterocycles. The Bertz CT molecular complexity index is 300. The molecule has 0 amide bonds. The fraction of sp³-hybridized carbons (Fsp3) is 0.857. The van der Waals surface area contributed by atoms with Crippen molar-refractivity contribution in [2.24, 2.45) is 5.41 Å². The fourth-order valence-electron chi connectivity index (χ4n) is 1.56. The van der Waals surface area contributed by atoms with Gasteiger partial charge >= 0.3 is 7.48 Å². The third-order valence-electron chi connectivity index (χ3n) is 3.94. The molecule has 3 heteroatoms. The SMILES string of the molecule is CC1(C)CC=C([B]OC(C)(C)C(C)(C)F)CC1. The van der Waals surface area contributed by atoms with Crippen molar-refractivity contribution >= 4 is 7.48 Å². The van der Waals surface area contributed by atoms with E-state index in [4.69, 9.17) is 4.65 Å². The molecule has 17 heavy (non-hydrogen) atoms. The minimum Gasteiger partial charge on any atom is -0.427 e. The number of rotatable bonds is 4. The normalized spacial score (nSPS) is 21.0. The van der Waals surface area contributed by atoms with Gasteiger partial charge in [-0.25, -0.2) is 4.39 Å². The molecule has 0 fully saturated rings. The molecule has 0 unspecified atom stereocenters. The lowest BCUT2D eigenvalue weighted by Crippen LogP contribution is -2.45. The van der Waals surface area contributed by atoms with E-state index in [2.05, 4.69) is 19.9 Å². The lowest BCUT2D eigenvalue weighted by molar-refractivity contribution is -0.0332. The van der Waals surface area contributed by atoms with Gasteiger partial charge in [0.25, 0.3) is 0 Å². The highest BCUT2D eigenvalue weighted by atomic mass is 19.1. The number of alkyl halides is 1. The van der Waals surface area contributed by atoms with Gasteiger partial charge in [0.05, 0.1) is 5.60 Å². The molecule has 0 aromatic rings. The lowest BCUT2D eigenvalue weighted by atomic mass is 9.70. The molecule has 0 spiro atoms. The summed E-state index contributed by atoms with van der Waals surface area (Å²) in [6.07, 6.45) is 5.47. The predicted octanol–water partition coefficient (Wildman–Crippen LogP) is 4.24. The number of allylic oxidation sites excluding steroid dienone is 2. The van der Waals surface area contributed by atoms with Crippen molar-refractivity contribution in [1.29, 1.82) is 0 Å². The second-order valence-electron chi connectivity index (χ2n) is 6.87. The third-order valence-corrected chi connectivity index (χ3v) is 3.94. The Hall–Kier alpha value is -0.305. The first-order chi connectivity index (χ1) is 7.54. The van der Waals surface area contributed by atoms with Crippen LogP contribution >= 0.6 is 0 Å². The molecule has 1 aliphatic rings. The quantitative estimate of drug-likeness (QED) is 0.666. The van der Waals surface area contributed by atoms with Crippen LogP contribution in [0.25, 0.3) is 0 Å². The molecule has 0 aromatic carbocycles. The van der Waals surface area contributed by atoms with E-state index in [-0.39, 0.29) is 0 Å². The van der Waals surface area contributed by atoms with Gasteiger partial charge in [-0.2, -0.15) is 0 Å². The van der Waals surface area contributed by atoms with E-state index in [0.717, 1.165) is 19.3 Å². The second kappa shape index (κ2) is 4.76. The van der Waals surface area contributed by atoms with Crippen molar-refractivity contribution in [3.05, 3.63) is 11.5 Å². The summed E-state index contributed by atoms with van der Waals surface area (Å²) < 4.78 is 19.5. The van der Waals surface area contributed by atoms with Crippen molar-refractivity contribution in [1.82, 2.24) is 0 Å². The standard InChI is InChI=1S/C14H25BFO/c1-12(2)9-7-11(8-10-12)15-17-14(5,6)13(3,4)16/h7H,8-10H2,1-6H3. The van der Waals surface area contributed by atoms with Gasteiger partial charge in [-0.3, -0.25) is 0 Å². The zero-order valence-corrected chi connectivity index (χ0v) is 12.1. The van der Waals surface area contributed by atoms with Gasteiger partial charge < -0.3 is 4.65 Å². The molecule has 1 nitrogen and oxygen atoms in total. The number of hydrogen-bond acceptors (Lipinski definition) is 1. The highest BCUT2D eigenvalue weighted by Crippen LogP contribution is 2.35. The largest absolute Gasteiger partial charge is 0.427 e. The molecule has 1 radical (unpaired) electrons. The first kappa shape index (κ1) is 14.8. The van der Waals surface area contributed by atoms with Crippen LogP contribution in [0.3, 0.4) is 0 Å². The van der Waals surface area contributed by atoms with Crippen LogP contribution < -0.4 is 0 Å². The molecule has 0 aromatic heterocycles. The Morgan fingerprint density at radius 3 is 2.29 bits per heavy atom. The summed E-state index contributed by atoms with van der Waals surface area (Å²) in [7, 11) is 1.75. The van der Waals surface area contributed by atoms with Crippen LogP contribution in [0.15, 0.2) is 11.5 Å². The van der Waals surface area contributed by atoms with Gasteiger partial charge in [-0.05, 0) is 52.4 Å². The van der Waals surface area contributed by atoms with Crippen LogP contribution in [-0.2, 0) is 4.65 Å². The van der Waals surface area contributed by atoms with Crippen LogP contribution in [0.2, 0.25) is 0 Å². The maximum absolute atomic E-state index is 13.9. The molecular formula is C14H25BFO. The molecule has 0 saturated carbocycles. The van der Waals surface area contributed by atoms with E-state index >= 15 is 0 Å². The molecule has 1 rings (SSSR count). The Kier molecular flexibility index (Phi) is 4.13. The van der Waals surface area contributed by atoms with Gasteiger partial charge in [0.2, 0.25) is 0 Å². The van der Waals surface area contributed by atoms with Gasteiger partial charge in [0, 0.05) is 0 Å². The first-order valence-electron chi connectivity index (χ1n) is 6.43.